The van der Waals surface area contributed by atoms with Gasteiger partial charge in [0.25, 0.3) is 0 Å². The van der Waals surface area contributed by atoms with Gasteiger partial charge in [-0.15, -0.1) is 0 Å². The molecular formula is C12H21NO2. The van der Waals surface area contributed by atoms with E-state index in [4.69, 9.17) is 4.74 Å². The molecule has 0 amide bonds. The zero-order chi connectivity index (χ0) is 10.5. The lowest BCUT2D eigenvalue weighted by atomic mass is 9.92. The topological polar surface area (TPSA) is 38.3 Å². The van der Waals surface area contributed by atoms with Crippen LogP contribution in [-0.2, 0) is 9.53 Å². The fourth-order valence-corrected chi connectivity index (χ4v) is 2.57. The molecule has 1 saturated heterocycles. The molecule has 0 aromatic carbocycles. The van der Waals surface area contributed by atoms with Gasteiger partial charge in [0.05, 0.1) is 6.61 Å². The minimum absolute atomic E-state index is 0.165. The predicted octanol–water partition coefficient (Wildman–Crippen LogP) is 1.51. The minimum Gasteiger partial charge on any atom is -0.368 e. The van der Waals surface area contributed by atoms with Crippen molar-refractivity contribution in [2.24, 2.45) is 5.92 Å². The van der Waals surface area contributed by atoms with Gasteiger partial charge in [-0.3, -0.25) is 4.79 Å². The van der Waals surface area contributed by atoms with Gasteiger partial charge < -0.3 is 10.1 Å². The standard InChI is InChI=1S/C12H21NO2/c14-12(11-9-13-7-8-15-11)10-5-3-1-2-4-6-10/h10-11,13H,1-9H2. The zero-order valence-electron chi connectivity index (χ0n) is 9.34. The smallest absolute Gasteiger partial charge is 0.165 e. The summed E-state index contributed by atoms with van der Waals surface area (Å²) in [6, 6.07) is 0. The van der Waals surface area contributed by atoms with E-state index in [0.29, 0.717) is 12.4 Å². The van der Waals surface area contributed by atoms with Gasteiger partial charge in [0.1, 0.15) is 6.10 Å². The van der Waals surface area contributed by atoms with Crippen LogP contribution in [0.25, 0.3) is 0 Å². The molecule has 1 saturated carbocycles. The van der Waals surface area contributed by atoms with Crippen molar-refractivity contribution < 1.29 is 9.53 Å². The molecule has 1 atom stereocenters. The Morgan fingerprint density at radius 1 is 1.13 bits per heavy atom. The van der Waals surface area contributed by atoms with Gasteiger partial charge in [-0.05, 0) is 12.8 Å². The molecule has 86 valence electrons. The number of ketones is 1. The van der Waals surface area contributed by atoms with Crippen molar-refractivity contribution in [2.45, 2.75) is 44.6 Å². The molecule has 0 bridgehead atoms. The maximum Gasteiger partial charge on any atom is 0.165 e. The molecule has 0 radical (unpaired) electrons. The van der Waals surface area contributed by atoms with E-state index in [2.05, 4.69) is 5.32 Å². The first-order chi connectivity index (χ1) is 7.38. The van der Waals surface area contributed by atoms with Gasteiger partial charge >= 0.3 is 0 Å². The summed E-state index contributed by atoms with van der Waals surface area (Å²) in [7, 11) is 0. The van der Waals surface area contributed by atoms with Crippen LogP contribution in [0.5, 0.6) is 0 Å². The molecule has 1 N–H and O–H groups in total. The van der Waals surface area contributed by atoms with Gasteiger partial charge in [0.2, 0.25) is 0 Å². The van der Waals surface area contributed by atoms with E-state index in [-0.39, 0.29) is 12.0 Å². The molecule has 2 aliphatic rings. The van der Waals surface area contributed by atoms with E-state index in [9.17, 15) is 4.79 Å². The van der Waals surface area contributed by atoms with Crippen LogP contribution < -0.4 is 5.32 Å². The van der Waals surface area contributed by atoms with E-state index in [1.54, 1.807) is 0 Å². The van der Waals surface area contributed by atoms with Gasteiger partial charge in [-0.1, -0.05) is 25.7 Å². The Morgan fingerprint density at radius 3 is 2.47 bits per heavy atom. The second-order valence-electron chi connectivity index (χ2n) is 4.65. The van der Waals surface area contributed by atoms with Gasteiger partial charge in [-0.2, -0.15) is 0 Å². The number of Topliss-reactive ketones (excluding diaryl/α,β-unsaturated/α-hetero) is 1. The molecule has 15 heavy (non-hydrogen) atoms. The first-order valence-electron chi connectivity index (χ1n) is 6.24. The van der Waals surface area contributed by atoms with E-state index in [0.717, 1.165) is 25.9 Å². The molecule has 0 aromatic heterocycles. The Kier molecular flexibility index (Phi) is 4.15. The summed E-state index contributed by atoms with van der Waals surface area (Å²) in [4.78, 5) is 12.1. The van der Waals surface area contributed by atoms with Gasteiger partial charge in [-0.25, -0.2) is 0 Å². The van der Waals surface area contributed by atoms with E-state index >= 15 is 0 Å². The van der Waals surface area contributed by atoms with Crippen LogP contribution in [0.15, 0.2) is 0 Å². The largest absolute Gasteiger partial charge is 0.368 e. The van der Waals surface area contributed by atoms with E-state index in [1.807, 2.05) is 0 Å². The average Bonchev–Trinajstić information content (AvgIpc) is 2.58. The Morgan fingerprint density at radius 2 is 1.87 bits per heavy atom. The predicted molar refractivity (Wildman–Crippen MR) is 58.8 cm³/mol. The molecule has 2 fully saturated rings. The Balaban J connectivity index is 1.87. The molecule has 0 spiro atoms. The van der Waals surface area contributed by atoms with Crippen LogP contribution in [-0.4, -0.2) is 31.6 Å². The van der Waals surface area contributed by atoms with Crippen molar-refractivity contribution in [1.82, 2.24) is 5.32 Å². The van der Waals surface area contributed by atoms with Crippen molar-refractivity contribution >= 4 is 5.78 Å². The number of morpholine rings is 1. The van der Waals surface area contributed by atoms with Crippen LogP contribution in [0.1, 0.15) is 38.5 Å². The lowest BCUT2D eigenvalue weighted by Crippen LogP contribution is -2.45. The highest BCUT2D eigenvalue weighted by atomic mass is 16.5. The summed E-state index contributed by atoms with van der Waals surface area (Å²) in [6.07, 6.45) is 7.04. The number of nitrogens with one attached hydrogen (secondary N) is 1. The highest BCUT2D eigenvalue weighted by Crippen LogP contribution is 2.25. The maximum atomic E-state index is 12.1. The quantitative estimate of drug-likeness (QED) is 0.704. The Labute approximate surface area is 91.6 Å². The van der Waals surface area contributed by atoms with Crippen molar-refractivity contribution in [3.8, 4) is 0 Å². The van der Waals surface area contributed by atoms with Crippen LogP contribution >= 0.6 is 0 Å². The van der Waals surface area contributed by atoms with E-state index < -0.39 is 0 Å². The average molecular weight is 211 g/mol. The lowest BCUT2D eigenvalue weighted by Gasteiger charge is -2.25. The van der Waals surface area contributed by atoms with Crippen molar-refractivity contribution in [3.63, 3.8) is 0 Å². The number of carbonyl (C=O) groups is 1. The third kappa shape index (κ3) is 3.02. The van der Waals surface area contributed by atoms with Crippen LogP contribution in [0, 0.1) is 5.92 Å². The molecule has 1 aliphatic carbocycles. The van der Waals surface area contributed by atoms with Crippen LogP contribution in [0.2, 0.25) is 0 Å². The van der Waals surface area contributed by atoms with Crippen LogP contribution in [0.4, 0.5) is 0 Å². The summed E-state index contributed by atoms with van der Waals surface area (Å²) in [6.45, 7) is 2.28. The van der Waals surface area contributed by atoms with Gasteiger partial charge in [0, 0.05) is 19.0 Å². The fourth-order valence-electron chi connectivity index (χ4n) is 2.57. The number of rotatable bonds is 2. The van der Waals surface area contributed by atoms with E-state index in [1.165, 1.54) is 25.7 Å². The fraction of sp³-hybridized carbons (Fsp3) is 0.917. The highest BCUT2D eigenvalue weighted by molar-refractivity contribution is 5.85. The zero-order valence-corrected chi connectivity index (χ0v) is 9.34. The summed E-state index contributed by atoms with van der Waals surface area (Å²) >= 11 is 0. The summed E-state index contributed by atoms with van der Waals surface area (Å²) in [5.41, 5.74) is 0. The van der Waals surface area contributed by atoms with Crippen LogP contribution in [0.3, 0.4) is 0 Å². The number of carbonyl (C=O) groups excluding carboxylic acids is 1. The second-order valence-corrected chi connectivity index (χ2v) is 4.65. The molecular weight excluding hydrogens is 190 g/mol. The van der Waals surface area contributed by atoms with Gasteiger partial charge in [0.15, 0.2) is 5.78 Å². The molecule has 2 rings (SSSR count). The second kappa shape index (κ2) is 5.61. The van der Waals surface area contributed by atoms with Crippen molar-refractivity contribution in [1.29, 1.82) is 0 Å². The SMILES string of the molecule is O=C(C1CCCCCC1)C1CNCCO1. The normalized spacial score (nSPS) is 29.7. The molecule has 1 unspecified atom stereocenters. The number of ether oxygens (including phenoxy) is 1. The van der Waals surface area contributed by atoms with Crippen molar-refractivity contribution in [2.75, 3.05) is 19.7 Å². The third-order valence-electron chi connectivity index (χ3n) is 3.50. The molecule has 1 aliphatic heterocycles. The maximum absolute atomic E-state index is 12.1. The first kappa shape index (κ1) is 11.1. The molecule has 3 heteroatoms. The number of hydrogen-bond donors (Lipinski definition) is 1. The Bertz CT molecular complexity index is 204. The summed E-state index contributed by atoms with van der Waals surface area (Å²) in [5, 5.41) is 3.22. The molecule has 0 aromatic rings. The summed E-state index contributed by atoms with van der Waals surface area (Å²) in [5.74, 6) is 0.626. The first-order valence-corrected chi connectivity index (χ1v) is 6.24. The Hall–Kier alpha value is -0.410. The molecule has 1 heterocycles. The third-order valence-corrected chi connectivity index (χ3v) is 3.50. The summed E-state index contributed by atoms with van der Waals surface area (Å²) < 4.78 is 5.52. The number of hydrogen-bond acceptors (Lipinski definition) is 3. The molecule has 3 nitrogen and oxygen atoms in total. The monoisotopic (exact) mass is 211 g/mol. The lowest BCUT2D eigenvalue weighted by molar-refractivity contribution is -0.136. The highest BCUT2D eigenvalue weighted by Gasteiger charge is 2.29. The van der Waals surface area contributed by atoms with Crippen molar-refractivity contribution in [3.05, 3.63) is 0 Å². The minimum atomic E-state index is -0.165.